The van der Waals surface area contributed by atoms with Crippen LogP contribution in [0.5, 0.6) is 0 Å². The molecule has 1 aromatic carbocycles. The zero-order chi connectivity index (χ0) is 14.4. The lowest BCUT2D eigenvalue weighted by Crippen LogP contribution is -2.42. The van der Waals surface area contributed by atoms with Gasteiger partial charge in [-0.25, -0.2) is 0 Å². The Bertz CT molecular complexity index is 400. The van der Waals surface area contributed by atoms with Crippen LogP contribution < -0.4 is 5.32 Å². The third kappa shape index (κ3) is 5.12. The van der Waals surface area contributed by atoms with Gasteiger partial charge in [0.1, 0.15) is 0 Å². The van der Waals surface area contributed by atoms with Gasteiger partial charge in [-0.1, -0.05) is 31.2 Å². The van der Waals surface area contributed by atoms with Crippen molar-refractivity contribution in [3.8, 4) is 0 Å². The monoisotopic (exact) mass is 292 g/mol. The predicted octanol–water partition coefficient (Wildman–Crippen LogP) is 3.17. The van der Waals surface area contributed by atoms with E-state index in [2.05, 4.69) is 67.0 Å². The minimum atomic E-state index is 0.407. The number of rotatable bonds is 6. The molecular weight excluding hydrogens is 264 g/mol. The van der Waals surface area contributed by atoms with Crippen LogP contribution >= 0.6 is 11.8 Å². The SMILES string of the molecule is CCNCCc1ccc(CN2CCSC(C)(C)C2)cc1. The summed E-state index contributed by atoms with van der Waals surface area (Å²) >= 11 is 2.10. The third-order valence-electron chi connectivity index (χ3n) is 3.77. The second-order valence-electron chi connectivity index (χ2n) is 6.24. The van der Waals surface area contributed by atoms with E-state index in [1.54, 1.807) is 0 Å². The first-order valence-electron chi connectivity index (χ1n) is 7.74. The number of hydrogen-bond acceptors (Lipinski definition) is 3. The highest BCUT2D eigenvalue weighted by Crippen LogP contribution is 2.30. The van der Waals surface area contributed by atoms with E-state index in [-0.39, 0.29) is 0 Å². The van der Waals surface area contributed by atoms with E-state index in [9.17, 15) is 0 Å². The average molecular weight is 292 g/mol. The van der Waals surface area contributed by atoms with Gasteiger partial charge >= 0.3 is 0 Å². The molecule has 1 aliphatic heterocycles. The van der Waals surface area contributed by atoms with Crippen LogP contribution in [0.1, 0.15) is 31.9 Å². The highest BCUT2D eigenvalue weighted by Gasteiger charge is 2.26. The van der Waals surface area contributed by atoms with Crippen LogP contribution in [-0.4, -0.2) is 41.6 Å². The van der Waals surface area contributed by atoms with Gasteiger partial charge in [-0.05, 0) is 44.5 Å². The molecule has 0 aliphatic carbocycles. The fraction of sp³-hybridized carbons (Fsp3) is 0.647. The second kappa shape index (κ2) is 7.48. The zero-order valence-electron chi connectivity index (χ0n) is 13.1. The zero-order valence-corrected chi connectivity index (χ0v) is 13.9. The minimum absolute atomic E-state index is 0.407. The smallest absolute Gasteiger partial charge is 0.0234 e. The summed E-state index contributed by atoms with van der Waals surface area (Å²) < 4.78 is 0.407. The molecule has 20 heavy (non-hydrogen) atoms. The molecule has 0 atom stereocenters. The van der Waals surface area contributed by atoms with Gasteiger partial charge in [-0.15, -0.1) is 0 Å². The number of hydrogen-bond donors (Lipinski definition) is 1. The number of nitrogens with one attached hydrogen (secondary N) is 1. The molecule has 1 N–H and O–H groups in total. The van der Waals surface area contributed by atoms with Gasteiger partial charge in [0.2, 0.25) is 0 Å². The van der Waals surface area contributed by atoms with E-state index in [4.69, 9.17) is 0 Å². The third-order valence-corrected chi connectivity index (χ3v) is 5.07. The highest BCUT2D eigenvalue weighted by molar-refractivity contribution is 8.00. The van der Waals surface area contributed by atoms with Gasteiger partial charge in [0.25, 0.3) is 0 Å². The van der Waals surface area contributed by atoms with Crippen LogP contribution in [0.4, 0.5) is 0 Å². The van der Waals surface area contributed by atoms with E-state index in [1.165, 1.54) is 30.0 Å². The Balaban J connectivity index is 1.84. The molecule has 1 saturated heterocycles. The average Bonchev–Trinajstić information content (AvgIpc) is 2.40. The minimum Gasteiger partial charge on any atom is -0.317 e. The predicted molar refractivity (Wildman–Crippen MR) is 90.5 cm³/mol. The first-order chi connectivity index (χ1) is 9.59. The van der Waals surface area contributed by atoms with Crippen molar-refractivity contribution >= 4 is 11.8 Å². The maximum absolute atomic E-state index is 3.38. The molecule has 2 nitrogen and oxygen atoms in total. The van der Waals surface area contributed by atoms with E-state index in [0.29, 0.717) is 4.75 Å². The largest absolute Gasteiger partial charge is 0.317 e. The standard InChI is InChI=1S/C17H28N2S/c1-4-18-10-9-15-5-7-16(8-6-15)13-19-11-12-20-17(2,3)14-19/h5-8,18H,4,9-14H2,1-3H3. The molecule has 0 spiro atoms. The van der Waals surface area contributed by atoms with Gasteiger partial charge < -0.3 is 5.32 Å². The molecule has 0 saturated carbocycles. The van der Waals surface area contributed by atoms with Crippen LogP contribution in [-0.2, 0) is 13.0 Å². The Morgan fingerprint density at radius 3 is 2.55 bits per heavy atom. The molecule has 112 valence electrons. The van der Waals surface area contributed by atoms with Crippen molar-refractivity contribution in [2.24, 2.45) is 0 Å². The van der Waals surface area contributed by atoms with Crippen molar-refractivity contribution in [1.82, 2.24) is 10.2 Å². The first-order valence-corrected chi connectivity index (χ1v) is 8.72. The number of nitrogens with zero attached hydrogens (tertiary/aromatic N) is 1. The molecule has 2 rings (SSSR count). The summed E-state index contributed by atoms with van der Waals surface area (Å²) in [6, 6.07) is 9.18. The maximum atomic E-state index is 3.38. The van der Waals surface area contributed by atoms with Crippen LogP contribution in [0.2, 0.25) is 0 Å². The molecule has 0 unspecified atom stereocenters. The van der Waals surface area contributed by atoms with E-state index in [0.717, 1.165) is 26.1 Å². The molecule has 3 heteroatoms. The van der Waals surface area contributed by atoms with E-state index < -0.39 is 0 Å². The summed E-state index contributed by atoms with van der Waals surface area (Å²) in [7, 11) is 0. The molecule has 1 heterocycles. The molecule has 0 amide bonds. The summed E-state index contributed by atoms with van der Waals surface area (Å²) in [4.78, 5) is 2.59. The van der Waals surface area contributed by atoms with Crippen LogP contribution in [0.25, 0.3) is 0 Å². The normalized spacial score (nSPS) is 19.1. The molecule has 1 aliphatic rings. The lowest BCUT2D eigenvalue weighted by atomic mass is 10.1. The quantitative estimate of drug-likeness (QED) is 0.811. The Labute approximate surface area is 128 Å². The van der Waals surface area contributed by atoms with Crippen molar-refractivity contribution < 1.29 is 0 Å². The van der Waals surface area contributed by atoms with E-state index >= 15 is 0 Å². The van der Waals surface area contributed by atoms with Crippen molar-refractivity contribution in [1.29, 1.82) is 0 Å². The Morgan fingerprint density at radius 2 is 1.90 bits per heavy atom. The van der Waals surface area contributed by atoms with Gasteiger partial charge in [-0.3, -0.25) is 4.90 Å². The Hall–Kier alpha value is -0.510. The van der Waals surface area contributed by atoms with Gasteiger partial charge in [0, 0.05) is 30.1 Å². The lowest BCUT2D eigenvalue weighted by molar-refractivity contribution is 0.252. The summed E-state index contributed by atoms with van der Waals surface area (Å²) in [5.74, 6) is 1.26. The van der Waals surface area contributed by atoms with Gasteiger partial charge in [-0.2, -0.15) is 11.8 Å². The number of likely N-dealkylation sites (N-methyl/N-ethyl adjacent to an activating group) is 1. The van der Waals surface area contributed by atoms with Crippen molar-refractivity contribution in [3.05, 3.63) is 35.4 Å². The summed E-state index contributed by atoms with van der Waals surface area (Å²) in [6.45, 7) is 12.5. The molecule has 0 radical (unpaired) electrons. The summed E-state index contributed by atoms with van der Waals surface area (Å²) in [5, 5.41) is 3.38. The first kappa shape index (κ1) is 15.9. The molecule has 1 fully saturated rings. The maximum Gasteiger partial charge on any atom is 0.0234 e. The topological polar surface area (TPSA) is 15.3 Å². The van der Waals surface area contributed by atoms with Gasteiger partial charge in [0.15, 0.2) is 0 Å². The van der Waals surface area contributed by atoms with Crippen LogP contribution in [0.3, 0.4) is 0 Å². The lowest BCUT2D eigenvalue weighted by Gasteiger charge is -2.37. The number of thioether (sulfide) groups is 1. The van der Waals surface area contributed by atoms with Crippen molar-refractivity contribution in [3.63, 3.8) is 0 Å². The Morgan fingerprint density at radius 1 is 1.20 bits per heavy atom. The molecule has 1 aromatic rings. The summed E-state index contributed by atoms with van der Waals surface area (Å²) in [6.07, 6.45) is 1.13. The van der Waals surface area contributed by atoms with Crippen molar-refractivity contribution in [2.75, 3.05) is 31.9 Å². The fourth-order valence-electron chi connectivity index (χ4n) is 2.73. The van der Waals surface area contributed by atoms with Crippen molar-refractivity contribution in [2.45, 2.75) is 38.5 Å². The molecule has 0 aromatic heterocycles. The van der Waals surface area contributed by atoms with Crippen LogP contribution in [0, 0.1) is 0 Å². The Kier molecular flexibility index (Phi) is 5.94. The molecule has 0 bridgehead atoms. The molecular formula is C17H28N2S. The highest BCUT2D eigenvalue weighted by atomic mass is 32.2. The fourth-order valence-corrected chi connectivity index (χ4v) is 3.90. The number of benzene rings is 1. The van der Waals surface area contributed by atoms with Crippen LogP contribution in [0.15, 0.2) is 24.3 Å². The van der Waals surface area contributed by atoms with Gasteiger partial charge in [0.05, 0.1) is 0 Å². The van der Waals surface area contributed by atoms with E-state index in [1.807, 2.05) is 0 Å². The second-order valence-corrected chi connectivity index (χ2v) is 8.04. The summed E-state index contributed by atoms with van der Waals surface area (Å²) in [5.41, 5.74) is 2.88.